The van der Waals surface area contributed by atoms with Gasteiger partial charge in [0.2, 0.25) is 0 Å². The second kappa shape index (κ2) is 2.85. The Morgan fingerprint density at radius 3 is 3.11 bits per heavy atom. The minimum Gasteiger partial charge on any atom is -0.231 e. The summed E-state index contributed by atoms with van der Waals surface area (Å²) in [6.07, 6.45) is 1.44. The molecular weight excluding hydrogens is 122 g/mol. The average Bonchev–Trinajstić information content (AvgIpc) is 2.34. The Kier molecular flexibility index (Phi) is 1.84. The topological polar surface area (TPSA) is 73.0 Å². The molecule has 1 aromatic rings. The third-order valence-corrected chi connectivity index (χ3v) is 0.812. The van der Waals surface area contributed by atoms with Gasteiger partial charge >= 0.3 is 0 Å². The minimum absolute atomic E-state index is 0.213. The van der Waals surface area contributed by atoms with Gasteiger partial charge in [-0.25, -0.2) is 4.68 Å². The fourth-order valence-electron chi connectivity index (χ4n) is 0.426. The molecule has 0 aliphatic rings. The molecule has 0 spiro atoms. The Bertz CT molecular complexity index is 170. The molecule has 6 heteroatoms. The first-order chi connectivity index (χ1) is 4.43. The SMILES string of the molecule is O=NCCn1cnnn1. The lowest BCUT2D eigenvalue weighted by Gasteiger charge is -1.88. The third-order valence-electron chi connectivity index (χ3n) is 0.812. The van der Waals surface area contributed by atoms with Crippen molar-refractivity contribution >= 4 is 0 Å². The maximum absolute atomic E-state index is 9.57. The van der Waals surface area contributed by atoms with Gasteiger partial charge in [0.05, 0.1) is 6.54 Å². The van der Waals surface area contributed by atoms with Crippen LogP contribution in [0.15, 0.2) is 11.5 Å². The molecule has 0 aromatic carbocycles. The largest absolute Gasteiger partial charge is 0.231 e. The lowest BCUT2D eigenvalue weighted by atomic mass is 10.7. The average molecular weight is 127 g/mol. The van der Waals surface area contributed by atoms with Gasteiger partial charge in [0, 0.05) is 0 Å². The van der Waals surface area contributed by atoms with E-state index < -0.39 is 0 Å². The van der Waals surface area contributed by atoms with Crippen LogP contribution in [0, 0.1) is 4.91 Å². The molecule has 0 bridgehead atoms. The molecule has 1 heterocycles. The van der Waals surface area contributed by atoms with Crippen LogP contribution in [0.2, 0.25) is 0 Å². The third kappa shape index (κ3) is 1.56. The molecule has 48 valence electrons. The summed E-state index contributed by atoms with van der Waals surface area (Å²) in [6.45, 7) is 0.668. The predicted molar refractivity (Wildman–Crippen MR) is 28.5 cm³/mol. The number of hydrogen-bond donors (Lipinski definition) is 0. The number of rotatable bonds is 3. The van der Waals surface area contributed by atoms with Gasteiger partial charge < -0.3 is 0 Å². The molecular formula is C3H5N5O. The van der Waals surface area contributed by atoms with Crippen molar-refractivity contribution in [2.75, 3.05) is 6.54 Å². The lowest BCUT2D eigenvalue weighted by molar-refractivity contribution is 0.597. The van der Waals surface area contributed by atoms with Crippen molar-refractivity contribution in [3.8, 4) is 0 Å². The molecule has 0 radical (unpaired) electrons. The quantitative estimate of drug-likeness (QED) is 0.510. The van der Waals surface area contributed by atoms with Crippen molar-refractivity contribution in [3.63, 3.8) is 0 Å². The van der Waals surface area contributed by atoms with Crippen molar-refractivity contribution in [1.82, 2.24) is 20.2 Å². The summed E-state index contributed by atoms with van der Waals surface area (Å²) in [5.41, 5.74) is 0. The first kappa shape index (κ1) is 5.80. The van der Waals surface area contributed by atoms with E-state index in [1.54, 1.807) is 0 Å². The predicted octanol–water partition coefficient (Wildman–Crippen LogP) is -0.561. The van der Waals surface area contributed by atoms with Gasteiger partial charge in [0.25, 0.3) is 0 Å². The van der Waals surface area contributed by atoms with Gasteiger partial charge in [-0.1, -0.05) is 5.18 Å². The van der Waals surface area contributed by atoms with E-state index in [1.165, 1.54) is 11.0 Å². The summed E-state index contributed by atoms with van der Waals surface area (Å²) in [5.74, 6) is 0. The Labute approximate surface area is 50.8 Å². The molecule has 6 nitrogen and oxygen atoms in total. The van der Waals surface area contributed by atoms with Crippen LogP contribution in [-0.2, 0) is 6.54 Å². The first-order valence-corrected chi connectivity index (χ1v) is 2.43. The summed E-state index contributed by atoms with van der Waals surface area (Å²) >= 11 is 0. The van der Waals surface area contributed by atoms with Crippen molar-refractivity contribution in [2.24, 2.45) is 5.18 Å². The lowest BCUT2D eigenvalue weighted by Crippen LogP contribution is -2.00. The summed E-state index contributed by atoms with van der Waals surface area (Å²) in [4.78, 5) is 9.57. The second-order valence-corrected chi connectivity index (χ2v) is 1.43. The van der Waals surface area contributed by atoms with E-state index in [2.05, 4.69) is 20.7 Å². The molecule has 0 aliphatic heterocycles. The highest BCUT2D eigenvalue weighted by Crippen LogP contribution is 1.76. The van der Waals surface area contributed by atoms with Crippen LogP contribution in [0.4, 0.5) is 0 Å². The van der Waals surface area contributed by atoms with Crippen LogP contribution in [0.3, 0.4) is 0 Å². The van der Waals surface area contributed by atoms with Crippen LogP contribution < -0.4 is 0 Å². The van der Waals surface area contributed by atoms with E-state index in [4.69, 9.17) is 0 Å². The van der Waals surface area contributed by atoms with Crippen LogP contribution in [0.1, 0.15) is 0 Å². The zero-order valence-electron chi connectivity index (χ0n) is 4.64. The van der Waals surface area contributed by atoms with Gasteiger partial charge in [-0.05, 0) is 10.4 Å². The standard InChI is InChI=1S/C3H5N5O/c9-5-1-2-8-3-4-6-7-8/h3H,1-2H2. The second-order valence-electron chi connectivity index (χ2n) is 1.43. The Morgan fingerprint density at radius 1 is 1.67 bits per heavy atom. The number of nitroso groups, excluding NO2 is 1. The van der Waals surface area contributed by atoms with Gasteiger partial charge in [-0.2, -0.15) is 4.91 Å². The molecule has 0 unspecified atom stereocenters. The summed E-state index contributed by atoms with van der Waals surface area (Å²) in [6, 6.07) is 0. The molecule has 0 amide bonds. The summed E-state index contributed by atoms with van der Waals surface area (Å²) < 4.78 is 1.45. The van der Waals surface area contributed by atoms with Gasteiger partial charge in [-0.3, -0.25) is 0 Å². The smallest absolute Gasteiger partial charge is 0.138 e. The van der Waals surface area contributed by atoms with Crippen molar-refractivity contribution in [1.29, 1.82) is 0 Å². The molecule has 0 fully saturated rings. The molecule has 1 rings (SSSR count). The Hall–Kier alpha value is -1.33. The number of aromatic nitrogens is 4. The van der Waals surface area contributed by atoms with E-state index in [0.717, 1.165) is 0 Å². The zero-order valence-corrected chi connectivity index (χ0v) is 4.64. The van der Waals surface area contributed by atoms with E-state index in [-0.39, 0.29) is 6.54 Å². The van der Waals surface area contributed by atoms with E-state index in [0.29, 0.717) is 6.54 Å². The van der Waals surface area contributed by atoms with Crippen molar-refractivity contribution in [2.45, 2.75) is 6.54 Å². The highest BCUT2D eigenvalue weighted by atomic mass is 16.3. The van der Waals surface area contributed by atoms with Crippen LogP contribution >= 0.6 is 0 Å². The zero-order chi connectivity index (χ0) is 6.53. The van der Waals surface area contributed by atoms with Gasteiger partial charge in [-0.15, -0.1) is 5.10 Å². The fourth-order valence-corrected chi connectivity index (χ4v) is 0.426. The molecule has 0 saturated heterocycles. The van der Waals surface area contributed by atoms with Gasteiger partial charge in [0.1, 0.15) is 12.9 Å². The minimum atomic E-state index is 0.213. The monoisotopic (exact) mass is 127 g/mol. The van der Waals surface area contributed by atoms with E-state index >= 15 is 0 Å². The molecule has 0 atom stereocenters. The molecule has 1 aromatic heterocycles. The van der Waals surface area contributed by atoms with Crippen LogP contribution in [0.5, 0.6) is 0 Å². The van der Waals surface area contributed by atoms with E-state index in [1.807, 2.05) is 0 Å². The van der Waals surface area contributed by atoms with Crippen molar-refractivity contribution < 1.29 is 0 Å². The van der Waals surface area contributed by atoms with E-state index in [9.17, 15) is 4.91 Å². The Morgan fingerprint density at radius 2 is 2.56 bits per heavy atom. The summed E-state index contributed by atoms with van der Waals surface area (Å²) in [5, 5.41) is 12.9. The van der Waals surface area contributed by atoms with Crippen molar-refractivity contribution in [3.05, 3.63) is 11.2 Å². The number of hydrogen-bond acceptors (Lipinski definition) is 5. The normalized spacial score (nSPS) is 9.33. The number of tetrazole rings is 1. The fraction of sp³-hybridized carbons (Fsp3) is 0.667. The maximum atomic E-state index is 9.57. The number of nitrogens with zero attached hydrogens (tertiary/aromatic N) is 5. The van der Waals surface area contributed by atoms with Crippen LogP contribution in [0.25, 0.3) is 0 Å². The van der Waals surface area contributed by atoms with Crippen LogP contribution in [-0.4, -0.2) is 26.8 Å². The molecule has 0 aliphatic carbocycles. The highest BCUT2D eigenvalue weighted by molar-refractivity contribution is 4.47. The highest BCUT2D eigenvalue weighted by Gasteiger charge is 1.88. The molecule has 9 heavy (non-hydrogen) atoms. The Balaban J connectivity index is 2.38. The maximum Gasteiger partial charge on any atom is 0.138 e. The first-order valence-electron chi connectivity index (χ1n) is 2.43. The molecule has 0 N–H and O–H groups in total. The van der Waals surface area contributed by atoms with Gasteiger partial charge in [0.15, 0.2) is 0 Å². The molecule has 0 saturated carbocycles. The summed E-state index contributed by atoms with van der Waals surface area (Å²) in [7, 11) is 0.